The van der Waals surface area contributed by atoms with E-state index in [0.717, 1.165) is 11.3 Å². The first-order chi connectivity index (χ1) is 10.2. The van der Waals surface area contributed by atoms with E-state index in [1.54, 1.807) is 4.90 Å². The number of anilines is 2. The molecule has 4 heteroatoms. The Balaban J connectivity index is 2.15. The third-order valence-corrected chi connectivity index (χ3v) is 3.65. The number of amides is 2. The summed E-state index contributed by atoms with van der Waals surface area (Å²) in [5.74, 6) is -0.159. The van der Waals surface area contributed by atoms with Crippen LogP contribution in [0.2, 0.25) is 0 Å². The smallest absolute Gasteiger partial charge is 0.226 e. The van der Waals surface area contributed by atoms with Gasteiger partial charge in [-0.25, -0.2) is 0 Å². The molecule has 3 rings (SSSR count). The molecule has 0 spiro atoms. The van der Waals surface area contributed by atoms with Gasteiger partial charge in [0.15, 0.2) is 0 Å². The Morgan fingerprint density at radius 1 is 1.10 bits per heavy atom. The lowest BCUT2D eigenvalue weighted by Crippen LogP contribution is -2.33. The maximum absolute atomic E-state index is 12.2. The third-order valence-electron chi connectivity index (χ3n) is 3.65. The van der Waals surface area contributed by atoms with Crippen LogP contribution in [0.3, 0.4) is 0 Å². The summed E-state index contributed by atoms with van der Waals surface area (Å²) in [5.41, 5.74) is 2.38. The number of hydrogen-bond acceptors (Lipinski definition) is 2. The van der Waals surface area contributed by atoms with Gasteiger partial charge in [-0.3, -0.25) is 9.59 Å². The monoisotopic (exact) mass is 280 g/mol. The molecule has 0 fully saturated rings. The number of hydrogen-bond donors (Lipinski definition) is 1. The lowest BCUT2D eigenvalue weighted by atomic mass is 10.0. The molecule has 106 valence electrons. The van der Waals surface area contributed by atoms with Gasteiger partial charge in [0.25, 0.3) is 0 Å². The van der Waals surface area contributed by atoms with Crippen molar-refractivity contribution in [3.8, 4) is 0 Å². The van der Waals surface area contributed by atoms with Gasteiger partial charge in [-0.1, -0.05) is 42.5 Å². The number of nitrogens with zero attached hydrogens (tertiary/aromatic N) is 1. The van der Waals surface area contributed by atoms with Crippen molar-refractivity contribution in [1.82, 2.24) is 0 Å². The highest BCUT2D eigenvalue weighted by molar-refractivity contribution is 6.03. The first-order valence-electron chi connectivity index (χ1n) is 6.90. The van der Waals surface area contributed by atoms with Crippen LogP contribution in [0.15, 0.2) is 54.6 Å². The molecule has 0 saturated heterocycles. The molecule has 1 aliphatic heterocycles. The molecule has 21 heavy (non-hydrogen) atoms. The van der Waals surface area contributed by atoms with Crippen LogP contribution in [0.5, 0.6) is 0 Å². The molecule has 0 aromatic heterocycles. The molecular weight excluding hydrogens is 264 g/mol. The van der Waals surface area contributed by atoms with Crippen molar-refractivity contribution < 1.29 is 9.59 Å². The van der Waals surface area contributed by atoms with Gasteiger partial charge < -0.3 is 10.2 Å². The van der Waals surface area contributed by atoms with E-state index in [4.69, 9.17) is 0 Å². The van der Waals surface area contributed by atoms with Crippen LogP contribution in [0.4, 0.5) is 11.4 Å². The first kappa shape index (κ1) is 13.4. The molecular formula is C17H16N2O2. The average molecular weight is 280 g/mol. The quantitative estimate of drug-likeness (QED) is 0.872. The van der Waals surface area contributed by atoms with E-state index in [9.17, 15) is 9.59 Å². The van der Waals surface area contributed by atoms with Crippen LogP contribution in [-0.4, -0.2) is 11.8 Å². The Hall–Kier alpha value is -2.62. The van der Waals surface area contributed by atoms with Gasteiger partial charge >= 0.3 is 0 Å². The van der Waals surface area contributed by atoms with Crippen molar-refractivity contribution in [2.24, 2.45) is 0 Å². The number of carbonyl (C=O) groups is 2. The molecule has 1 aliphatic rings. The number of rotatable bonds is 1. The fraction of sp³-hybridized carbons (Fsp3) is 0.176. The molecule has 1 N–H and O–H groups in total. The van der Waals surface area contributed by atoms with Crippen molar-refractivity contribution in [1.29, 1.82) is 0 Å². The van der Waals surface area contributed by atoms with Gasteiger partial charge in [-0.2, -0.15) is 0 Å². The van der Waals surface area contributed by atoms with Gasteiger partial charge in [0, 0.05) is 6.92 Å². The molecule has 0 saturated carbocycles. The van der Waals surface area contributed by atoms with E-state index < -0.39 is 0 Å². The van der Waals surface area contributed by atoms with Crippen LogP contribution >= 0.6 is 0 Å². The van der Waals surface area contributed by atoms with E-state index in [1.165, 1.54) is 6.92 Å². The summed E-state index contributed by atoms with van der Waals surface area (Å²) in [4.78, 5) is 26.0. The van der Waals surface area contributed by atoms with Crippen molar-refractivity contribution in [2.45, 2.75) is 19.4 Å². The fourth-order valence-electron chi connectivity index (χ4n) is 2.76. The zero-order chi connectivity index (χ0) is 14.8. The second-order valence-electron chi connectivity index (χ2n) is 5.08. The normalized spacial score (nSPS) is 17.7. The minimum Gasteiger partial charge on any atom is -0.324 e. The molecule has 0 bridgehead atoms. The summed E-state index contributed by atoms with van der Waals surface area (Å²) in [5, 5.41) is 2.87. The van der Waals surface area contributed by atoms with Crippen LogP contribution in [0, 0.1) is 0 Å². The predicted octanol–water partition coefficient (Wildman–Crippen LogP) is 3.12. The first-order valence-corrected chi connectivity index (χ1v) is 6.90. The van der Waals surface area contributed by atoms with Crippen molar-refractivity contribution in [3.63, 3.8) is 0 Å². The average Bonchev–Trinajstić information content (AvgIpc) is 2.63. The highest BCUT2D eigenvalue weighted by Gasteiger charge is 2.31. The second-order valence-corrected chi connectivity index (χ2v) is 5.08. The summed E-state index contributed by atoms with van der Waals surface area (Å²) in [6, 6.07) is 16.8. The van der Waals surface area contributed by atoms with Crippen LogP contribution in [-0.2, 0) is 9.59 Å². The highest BCUT2D eigenvalue weighted by Crippen LogP contribution is 2.37. The summed E-state index contributed by atoms with van der Waals surface area (Å²) in [7, 11) is 0. The van der Waals surface area contributed by atoms with Gasteiger partial charge in [0.05, 0.1) is 23.8 Å². The minimum atomic E-state index is -0.285. The standard InChI is InChI=1S/C17H16N2O2/c1-12(20)19-15-10-6-5-9-14(15)18-17(21)11-16(19)13-7-3-2-4-8-13/h2-10,16H,11H2,1H3,(H,18,21)/t16-/m0/s1. The van der Waals surface area contributed by atoms with Gasteiger partial charge in [-0.15, -0.1) is 0 Å². The molecule has 0 radical (unpaired) electrons. The molecule has 0 aliphatic carbocycles. The predicted molar refractivity (Wildman–Crippen MR) is 82.0 cm³/mol. The number of carbonyl (C=O) groups excluding carboxylic acids is 2. The Morgan fingerprint density at radius 3 is 2.48 bits per heavy atom. The van der Waals surface area contributed by atoms with E-state index in [1.807, 2.05) is 54.6 Å². The molecule has 1 atom stereocenters. The van der Waals surface area contributed by atoms with E-state index in [0.29, 0.717) is 5.69 Å². The number of nitrogens with one attached hydrogen (secondary N) is 1. The Bertz CT molecular complexity index is 682. The summed E-state index contributed by atoms with van der Waals surface area (Å²) < 4.78 is 0. The molecule has 4 nitrogen and oxygen atoms in total. The molecule has 2 aromatic carbocycles. The zero-order valence-electron chi connectivity index (χ0n) is 11.7. The van der Waals surface area contributed by atoms with Crippen molar-refractivity contribution in [2.75, 3.05) is 10.2 Å². The third kappa shape index (κ3) is 2.52. The van der Waals surface area contributed by atoms with Gasteiger partial charge in [-0.05, 0) is 17.7 Å². The van der Waals surface area contributed by atoms with Crippen molar-refractivity contribution >= 4 is 23.2 Å². The van der Waals surface area contributed by atoms with E-state index in [2.05, 4.69) is 5.32 Å². The zero-order valence-corrected chi connectivity index (χ0v) is 11.7. The highest BCUT2D eigenvalue weighted by atomic mass is 16.2. The second kappa shape index (κ2) is 5.40. The Morgan fingerprint density at radius 2 is 1.76 bits per heavy atom. The molecule has 2 amide bonds. The largest absolute Gasteiger partial charge is 0.324 e. The SMILES string of the molecule is CC(=O)N1c2ccccc2NC(=O)C[C@H]1c1ccccc1. The number of benzene rings is 2. The summed E-state index contributed by atoms with van der Waals surface area (Å²) in [6.07, 6.45) is 0.248. The number of fused-ring (bicyclic) bond motifs is 1. The topological polar surface area (TPSA) is 49.4 Å². The van der Waals surface area contributed by atoms with Gasteiger partial charge in [0.1, 0.15) is 0 Å². The molecule has 2 aromatic rings. The summed E-state index contributed by atoms with van der Waals surface area (Å²) >= 11 is 0. The maximum atomic E-state index is 12.2. The Labute approximate surface area is 123 Å². The number of para-hydroxylation sites is 2. The van der Waals surface area contributed by atoms with E-state index in [-0.39, 0.29) is 24.3 Å². The fourth-order valence-corrected chi connectivity index (χ4v) is 2.76. The van der Waals surface area contributed by atoms with Crippen LogP contribution < -0.4 is 10.2 Å². The maximum Gasteiger partial charge on any atom is 0.226 e. The molecule has 1 heterocycles. The van der Waals surface area contributed by atoms with Crippen LogP contribution in [0.1, 0.15) is 24.9 Å². The lowest BCUT2D eigenvalue weighted by Gasteiger charge is -2.29. The summed E-state index contributed by atoms with van der Waals surface area (Å²) in [6.45, 7) is 1.53. The van der Waals surface area contributed by atoms with Crippen LogP contribution in [0.25, 0.3) is 0 Å². The van der Waals surface area contributed by atoms with Gasteiger partial charge in [0.2, 0.25) is 11.8 Å². The Kier molecular flexibility index (Phi) is 3.44. The van der Waals surface area contributed by atoms with E-state index >= 15 is 0 Å². The van der Waals surface area contributed by atoms with Crippen molar-refractivity contribution in [3.05, 3.63) is 60.2 Å². The molecule has 0 unspecified atom stereocenters. The lowest BCUT2D eigenvalue weighted by molar-refractivity contribution is -0.118. The minimum absolute atomic E-state index is 0.0761.